The first-order chi connectivity index (χ1) is 11.8. The van der Waals surface area contributed by atoms with Gasteiger partial charge in [-0.3, -0.25) is 4.79 Å². The highest BCUT2D eigenvalue weighted by molar-refractivity contribution is 5.92. The molecule has 2 heterocycles. The Labute approximate surface area is 142 Å². The van der Waals surface area contributed by atoms with Crippen LogP contribution in [-0.2, 0) is 16.5 Å². The van der Waals surface area contributed by atoms with Crippen LogP contribution in [0.3, 0.4) is 0 Å². The second kappa shape index (κ2) is 6.51. The van der Waals surface area contributed by atoms with Crippen molar-refractivity contribution in [3.8, 4) is 0 Å². The first-order valence-corrected chi connectivity index (χ1v) is 7.81. The largest absolute Gasteiger partial charge is 0.416 e. The van der Waals surface area contributed by atoms with E-state index in [4.69, 9.17) is 9.26 Å². The molecular formula is C17H17F3N2O3. The third kappa shape index (κ3) is 3.68. The van der Waals surface area contributed by atoms with Gasteiger partial charge >= 0.3 is 6.18 Å². The minimum Gasteiger partial charge on any atom is -0.381 e. The quantitative estimate of drug-likeness (QED) is 0.917. The van der Waals surface area contributed by atoms with E-state index >= 15 is 0 Å². The summed E-state index contributed by atoms with van der Waals surface area (Å²) in [5.74, 6) is -0.491. The molecule has 3 rings (SSSR count). The van der Waals surface area contributed by atoms with Crippen molar-refractivity contribution in [1.29, 1.82) is 0 Å². The summed E-state index contributed by atoms with van der Waals surface area (Å²) in [6, 6.07) is 6.51. The van der Waals surface area contributed by atoms with Crippen molar-refractivity contribution in [2.45, 2.75) is 31.5 Å². The predicted octanol–water partition coefficient (Wildman–Crippen LogP) is 3.44. The Balaban J connectivity index is 1.95. The summed E-state index contributed by atoms with van der Waals surface area (Å²) in [6.07, 6.45) is -3.71. The summed E-state index contributed by atoms with van der Waals surface area (Å²) in [6.45, 7) is 2.36. The van der Waals surface area contributed by atoms with Crippen LogP contribution in [0.2, 0.25) is 0 Å². The first-order valence-electron chi connectivity index (χ1n) is 7.81. The van der Waals surface area contributed by atoms with Gasteiger partial charge in [0, 0.05) is 19.3 Å². The third-order valence-corrected chi connectivity index (χ3v) is 4.29. The molecule has 0 bridgehead atoms. The van der Waals surface area contributed by atoms with Gasteiger partial charge in [0.1, 0.15) is 0 Å². The maximum Gasteiger partial charge on any atom is 0.416 e. The highest BCUT2D eigenvalue weighted by atomic mass is 19.4. The van der Waals surface area contributed by atoms with Crippen LogP contribution in [0.1, 0.15) is 40.2 Å². The fraction of sp³-hybridized carbons (Fsp3) is 0.412. The number of ether oxygens (including phenoxy) is 1. The Hall–Kier alpha value is -2.35. The van der Waals surface area contributed by atoms with Gasteiger partial charge in [-0.05, 0) is 37.5 Å². The molecular weight excluding hydrogens is 337 g/mol. The van der Waals surface area contributed by atoms with Crippen molar-refractivity contribution < 1.29 is 27.2 Å². The van der Waals surface area contributed by atoms with Gasteiger partial charge in [-0.15, -0.1) is 0 Å². The molecule has 1 aromatic heterocycles. The van der Waals surface area contributed by atoms with Crippen LogP contribution in [-0.4, -0.2) is 24.3 Å². The molecule has 1 amide bonds. The van der Waals surface area contributed by atoms with Crippen molar-refractivity contribution in [2.24, 2.45) is 0 Å². The van der Waals surface area contributed by atoms with Crippen LogP contribution in [0.4, 0.5) is 13.2 Å². The molecule has 0 aliphatic carbocycles. The molecule has 0 radical (unpaired) electrons. The molecule has 0 unspecified atom stereocenters. The van der Waals surface area contributed by atoms with E-state index in [2.05, 4.69) is 10.5 Å². The van der Waals surface area contributed by atoms with E-state index in [1.165, 1.54) is 12.1 Å². The van der Waals surface area contributed by atoms with E-state index in [0.29, 0.717) is 37.3 Å². The average molecular weight is 354 g/mol. The summed E-state index contributed by atoms with van der Waals surface area (Å²) < 4.78 is 49.4. The minimum atomic E-state index is -4.45. The molecule has 1 fully saturated rings. The maximum absolute atomic E-state index is 13.1. The summed E-state index contributed by atoms with van der Waals surface area (Å²) in [4.78, 5) is 12.5. The monoisotopic (exact) mass is 354 g/mol. The normalized spacial score (nSPS) is 17.3. The van der Waals surface area contributed by atoms with Gasteiger partial charge in [-0.2, -0.15) is 13.2 Å². The smallest absolute Gasteiger partial charge is 0.381 e. The van der Waals surface area contributed by atoms with Gasteiger partial charge in [0.25, 0.3) is 5.91 Å². The van der Waals surface area contributed by atoms with Gasteiger partial charge in [0.2, 0.25) is 5.76 Å². The SMILES string of the molecule is Cc1cc(C(=O)NC2(c3cccc(C(F)(F)F)c3)CCOCC2)on1. The van der Waals surface area contributed by atoms with Crippen LogP contribution in [0, 0.1) is 6.92 Å². The van der Waals surface area contributed by atoms with E-state index in [-0.39, 0.29) is 5.76 Å². The predicted molar refractivity (Wildman–Crippen MR) is 81.9 cm³/mol. The lowest BCUT2D eigenvalue weighted by molar-refractivity contribution is -0.137. The summed E-state index contributed by atoms with van der Waals surface area (Å²) in [7, 11) is 0. The Bertz CT molecular complexity index is 764. The van der Waals surface area contributed by atoms with Gasteiger partial charge in [0.05, 0.1) is 16.8 Å². The van der Waals surface area contributed by atoms with Crippen LogP contribution in [0.5, 0.6) is 0 Å². The number of rotatable bonds is 3. The van der Waals surface area contributed by atoms with Gasteiger partial charge in [0.15, 0.2) is 0 Å². The number of carbonyl (C=O) groups excluding carboxylic acids is 1. The fourth-order valence-electron chi connectivity index (χ4n) is 2.95. The Morgan fingerprint density at radius 3 is 2.56 bits per heavy atom. The Kier molecular flexibility index (Phi) is 4.55. The number of nitrogens with zero attached hydrogens (tertiary/aromatic N) is 1. The Morgan fingerprint density at radius 1 is 1.24 bits per heavy atom. The maximum atomic E-state index is 13.1. The second-order valence-corrected chi connectivity index (χ2v) is 6.06. The molecule has 0 spiro atoms. The van der Waals surface area contributed by atoms with Crippen LogP contribution < -0.4 is 5.32 Å². The number of aromatic nitrogens is 1. The molecule has 1 saturated heterocycles. The van der Waals surface area contributed by atoms with Gasteiger partial charge in [-0.25, -0.2) is 0 Å². The van der Waals surface area contributed by atoms with E-state index in [0.717, 1.165) is 12.1 Å². The molecule has 0 saturated carbocycles. The molecule has 1 aliphatic heterocycles. The van der Waals surface area contributed by atoms with E-state index in [9.17, 15) is 18.0 Å². The number of hydrogen-bond donors (Lipinski definition) is 1. The van der Waals surface area contributed by atoms with Crippen molar-refractivity contribution >= 4 is 5.91 Å². The second-order valence-electron chi connectivity index (χ2n) is 6.06. The lowest BCUT2D eigenvalue weighted by atomic mass is 9.81. The number of carbonyl (C=O) groups is 1. The lowest BCUT2D eigenvalue weighted by Gasteiger charge is -2.38. The molecule has 0 atom stereocenters. The zero-order valence-electron chi connectivity index (χ0n) is 13.5. The topological polar surface area (TPSA) is 64.4 Å². The summed E-state index contributed by atoms with van der Waals surface area (Å²) in [5, 5.41) is 6.50. The Morgan fingerprint density at radius 2 is 1.96 bits per heavy atom. The highest BCUT2D eigenvalue weighted by Crippen LogP contribution is 2.36. The van der Waals surface area contributed by atoms with Crippen molar-refractivity contribution in [1.82, 2.24) is 10.5 Å². The van der Waals surface area contributed by atoms with E-state index in [1.54, 1.807) is 13.0 Å². The molecule has 1 aromatic carbocycles. The standard InChI is InChI=1S/C17H17F3N2O3/c1-11-9-14(25-22-11)15(23)21-16(5-7-24-8-6-16)12-3-2-4-13(10-12)17(18,19)20/h2-4,9-10H,5-8H2,1H3,(H,21,23). The van der Waals surface area contributed by atoms with Crippen molar-refractivity contribution in [2.75, 3.05) is 13.2 Å². The molecule has 8 heteroatoms. The molecule has 1 aliphatic rings. The molecule has 5 nitrogen and oxygen atoms in total. The van der Waals surface area contributed by atoms with E-state index in [1.807, 2.05) is 0 Å². The van der Waals surface area contributed by atoms with E-state index < -0.39 is 23.2 Å². The van der Waals surface area contributed by atoms with Gasteiger partial charge < -0.3 is 14.6 Å². The average Bonchev–Trinajstić information content (AvgIpc) is 3.02. The number of halogens is 3. The highest BCUT2D eigenvalue weighted by Gasteiger charge is 2.39. The van der Waals surface area contributed by atoms with Crippen LogP contribution >= 0.6 is 0 Å². The summed E-state index contributed by atoms with van der Waals surface area (Å²) >= 11 is 0. The number of amides is 1. The molecule has 1 N–H and O–H groups in total. The fourth-order valence-corrected chi connectivity index (χ4v) is 2.95. The number of nitrogens with one attached hydrogen (secondary N) is 1. The van der Waals surface area contributed by atoms with Crippen molar-refractivity contribution in [3.05, 3.63) is 52.9 Å². The van der Waals surface area contributed by atoms with Gasteiger partial charge in [-0.1, -0.05) is 17.3 Å². The van der Waals surface area contributed by atoms with Crippen LogP contribution in [0.25, 0.3) is 0 Å². The lowest BCUT2D eigenvalue weighted by Crippen LogP contribution is -2.49. The molecule has 134 valence electrons. The number of aryl methyl sites for hydroxylation is 1. The van der Waals surface area contributed by atoms with Crippen molar-refractivity contribution in [3.63, 3.8) is 0 Å². The molecule has 2 aromatic rings. The number of benzene rings is 1. The number of hydrogen-bond acceptors (Lipinski definition) is 4. The molecule has 25 heavy (non-hydrogen) atoms. The zero-order chi connectivity index (χ0) is 18.1. The third-order valence-electron chi connectivity index (χ3n) is 4.29. The minimum absolute atomic E-state index is 0.0235. The number of alkyl halides is 3. The van der Waals surface area contributed by atoms with Crippen LogP contribution in [0.15, 0.2) is 34.9 Å². The first kappa shape index (κ1) is 17.5. The summed E-state index contributed by atoms with van der Waals surface area (Å²) in [5.41, 5.74) is -0.752. The zero-order valence-corrected chi connectivity index (χ0v) is 13.5.